The van der Waals surface area contributed by atoms with Crippen LogP contribution in [0.5, 0.6) is 0 Å². The number of aromatic nitrogens is 1. The summed E-state index contributed by atoms with van der Waals surface area (Å²) < 4.78 is 30.1. The average Bonchev–Trinajstić information content (AvgIpc) is 1.60. The highest BCUT2D eigenvalue weighted by atomic mass is 16.7. The highest BCUT2D eigenvalue weighted by Gasteiger charge is 2.56. The molecule has 0 aromatic carbocycles. The number of hydrogen-bond donors (Lipinski definition) is 14. The van der Waals surface area contributed by atoms with Crippen LogP contribution in [0.2, 0.25) is 0 Å². The highest BCUT2D eigenvalue weighted by Crippen LogP contribution is 2.44. The minimum absolute atomic E-state index is 0.0182. The Bertz CT molecular complexity index is 4550. The number of allylic oxidation sites excluding steroid dienone is 5. The number of hydrazine groups is 3. The Kier molecular flexibility index (Phi) is 30.2. The third kappa shape index (κ3) is 22.4. The van der Waals surface area contributed by atoms with E-state index in [2.05, 4.69) is 65.1 Å². The van der Waals surface area contributed by atoms with Crippen LogP contribution in [-0.2, 0) is 110 Å². The number of primary amides is 3. The zero-order valence-electron chi connectivity index (χ0n) is 67.2. The maximum absolute atomic E-state index is 15.4. The molecule has 0 spiro atoms. The lowest BCUT2D eigenvalue weighted by atomic mass is 9.82. The molecule has 1 aromatic heterocycles. The van der Waals surface area contributed by atoms with Crippen LogP contribution in [-0.4, -0.2) is 256 Å². The van der Waals surface area contributed by atoms with Crippen molar-refractivity contribution in [2.24, 2.45) is 39.0 Å². The molecule has 7 unspecified atom stereocenters. The number of rotatable bonds is 35. The fourth-order valence-electron chi connectivity index (χ4n) is 13.2. The van der Waals surface area contributed by atoms with Crippen molar-refractivity contribution in [3.05, 3.63) is 81.1 Å². The number of nitrogens with two attached hydrogens (primary N) is 3. The summed E-state index contributed by atoms with van der Waals surface area (Å²) in [5.74, 6) is -19.1. The first-order valence-corrected chi connectivity index (χ1v) is 38.0. The summed E-state index contributed by atoms with van der Waals surface area (Å²) in [6.45, 7) is 21.0. The zero-order valence-corrected chi connectivity index (χ0v) is 67.2. The van der Waals surface area contributed by atoms with Gasteiger partial charge in [-0.15, -0.1) is 0 Å². The van der Waals surface area contributed by atoms with Gasteiger partial charge in [-0.2, -0.15) is 0 Å². The van der Waals surface area contributed by atoms with Crippen LogP contribution in [0.1, 0.15) is 144 Å². The summed E-state index contributed by atoms with van der Waals surface area (Å²) in [4.78, 5) is 255. The van der Waals surface area contributed by atoms with Gasteiger partial charge in [-0.3, -0.25) is 93.2 Å². The third-order valence-electron chi connectivity index (χ3n) is 19.7. The number of H-pyrrole nitrogens is 1. The van der Waals surface area contributed by atoms with E-state index in [1.165, 1.54) is 68.4 Å². The van der Waals surface area contributed by atoms with Gasteiger partial charge in [-0.25, -0.2) is 34.4 Å². The number of nitrogens with zero attached hydrogens (tertiary/aromatic N) is 5. The molecule has 7 aliphatic rings. The molecule has 8 bridgehead atoms. The number of carbonyl (C=O) groups is 18. The molecule has 118 heavy (non-hydrogen) atoms. The maximum Gasteiger partial charge on any atom is 0.338 e. The lowest BCUT2D eigenvalue weighted by Gasteiger charge is -2.25. The second kappa shape index (κ2) is 39.2. The highest BCUT2D eigenvalue weighted by molar-refractivity contribution is 6.13. The predicted octanol–water partition coefficient (Wildman–Crippen LogP) is -4.44. The second-order valence-electron chi connectivity index (χ2n) is 28.6. The number of aromatic amines is 1. The van der Waals surface area contributed by atoms with Crippen molar-refractivity contribution in [2.75, 3.05) is 39.5 Å². The Hall–Kier alpha value is -12.8. The molecule has 0 saturated carbocycles. The van der Waals surface area contributed by atoms with E-state index in [9.17, 15) is 76.7 Å². The minimum Gasteiger partial charge on any atom is -0.464 e. The van der Waals surface area contributed by atoms with Crippen molar-refractivity contribution < 1.29 is 115 Å². The second-order valence-corrected chi connectivity index (χ2v) is 28.6. The quantitative estimate of drug-likeness (QED) is 0.0132. The van der Waals surface area contributed by atoms with E-state index in [-0.39, 0.29) is 67.3 Å². The normalized spacial score (nSPS) is 23.4. The molecule has 15 amide bonds. The fraction of sp³-hybridized carbons (Fsp3) is 0.520. The molecule has 0 radical (unpaired) electrons. The molecule has 638 valence electrons. The number of ether oxygens (including phenoxy) is 6. The number of aliphatic imine (C=N–C) groups is 2. The molecule has 8 heterocycles. The van der Waals surface area contributed by atoms with Crippen LogP contribution >= 0.6 is 0 Å². The van der Waals surface area contributed by atoms with Gasteiger partial charge >= 0.3 is 17.9 Å². The largest absolute Gasteiger partial charge is 0.464 e. The van der Waals surface area contributed by atoms with Crippen LogP contribution in [0.15, 0.2) is 74.2 Å². The lowest BCUT2D eigenvalue weighted by molar-refractivity contribution is -0.146. The molecular formula is C75H99N19O24. The number of hydrogen-bond acceptors (Lipinski definition) is 27. The van der Waals surface area contributed by atoms with Crippen molar-refractivity contribution in [3.63, 3.8) is 0 Å². The minimum atomic E-state index is -1.53. The molecule has 43 heteroatoms. The van der Waals surface area contributed by atoms with Crippen molar-refractivity contribution >= 4 is 130 Å². The molecule has 1 aromatic rings. The molecule has 8 rings (SSSR count). The van der Waals surface area contributed by atoms with E-state index in [1.807, 2.05) is 33.8 Å². The van der Waals surface area contributed by atoms with Crippen LogP contribution in [0.4, 0.5) is 0 Å². The van der Waals surface area contributed by atoms with Gasteiger partial charge in [0.25, 0.3) is 41.4 Å². The summed E-state index contributed by atoms with van der Waals surface area (Å²) in [6, 6.07) is -7.95. The Labute approximate surface area is 675 Å². The van der Waals surface area contributed by atoms with Crippen molar-refractivity contribution in [1.82, 2.24) is 73.5 Å². The zero-order chi connectivity index (χ0) is 87.3. The number of epoxide rings is 3. The summed E-state index contributed by atoms with van der Waals surface area (Å²) in [7, 11) is 0. The average molecular weight is 1650 g/mol. The summed E-state index contributed by atoms with van der Waals surface area (Å²) in [5, 5.41) is 20.4. The Morgan fingerprint density at radius 3 is 1.38 bits per heavy atom. The lowest BCUT2D eigenvalue weighted by Crippen LogP contribution is -2.57. The Morgan fingerprint density at radius 2 is 0.975 bits per heavy atom. The van der Waals surface area contributed by atoms with Gasteiger partial charge in [0, 0.05) is 53.1 Å². The van der Waals surface area contributed by atoms with Crippen LogP contribution < -0.4 is 70.7 Å². The topological polar surface area (TPSA) is 621 Å². The van der Waals surface area contributed by atoms with Crippen LogP contribution in [0.3, 0.4) is 0 Å². The van der Waals surface area contributed by atoms with E-state index < -0.39 is 223 Å². The number of carbonyl (C=O) groups excluding carboxylic acids is 18. The molecule has 0 aliphatic carbocycles. The molecule has 7 aliphatic heterocycles. The van der Waals surface area contributed by atoms with Gasteiger partial charge < -0.3 is 87.8 Å². The van der Waals surface area contributed by atoms with Crippen LogP contribution in [0.25, 0.3) is 11.6 Å². The van der Waals surface area contributed by atoms with Crippen LogP contribution in [0, 0.1) is 11.8 Å². The third-order valence-corrected chi connectivity index (χ3v) is 19.7. The van der Waals surface area contributed by atoms with Crippen molar-refractivity contribution in [2.45, 2.75) is 201 Å². The van der Waals surface area contributed by atoms with Crippen molar-refractivity contribution in [1.29, 1.82) is 0 Å². The van der Waals surface area contributed by atoms with Gasteiger partial charge in [0.2, 0.25) is 47.3 Å². The summed E-state index contributed by atoms with van der Waals surface area (Å²) in [5.41, 5.74) is 28.2. The number of fused-ring (bicyclic) bond motifs is 6. The molecule has 3 saturated heterocycles. The fourth-order valence-corrected chi connectivity index (χ4v) is 13.2. The van der Waals surface area contributed by atoms with Crippen molar-refractivity contribution in [3.8, 4) is 0 Å². The van der Waals surface area contributed by atoms with E-state index >= 15 is 9.59 Å². The number of esters is 3. The Balaban J connectivity index is 1.13. The van der Waals surface area contributed by atoms with Gasteiger partial charge in [-0.05, 0) is 130 Å². The van der Waals surface area contributed by atoms with E-state index in [0.29, 0.717) is 44.3 Å². The van der Waals surface area contributed by atoms with Gasteiger partial charge in [-0.1, -0.05) is 26.5 Å². The van der Waals surface area contributed by atoms with Gasteiger partial charge in [0.15, 0.2) is 36.6 Å². The molecule has 15 atom stereocenters. The molecule has 17 N–H and O–H groups in total. The van der Waals surface area contributed by atoms with E-state index in [1.54, 1.807) is 12.2 Å². The summed E-state index contributed by atoms with van der Waals surface area (Å²) in [6.07, 6.45) is -3.69. The predicted molar refractivity (Wildman–Crippen MR) is 411 cm³/mol. The Morgan fingerprint density at radius 1 is 0.559 bits per heavy atom. The monoisotopic (exact) mass is 1650 g/mol. The SMILES string of the molecule is C=CC1=C(C)C2CC3=N/C(=C(/CC(=O)NC(C)C(=O)NC(C)C(=O)NN(CC(N)=O)C(=O)[C@H]4O[C@H]4C(=O)OCC)c4[nH]c(cc4C(=O)NC(C)C(=O)NC(C)C(=O)NN(CC(N)=O)C(=O)[C@H]4O[C@H]4C(=O)OCC)/C=C4N=C(/C=C/1N2)C(C)=C\4CC)[C@@H](CCC(=O)NC(C)C(=O)NC(C)C(=O)NN(CC(N)=O)C(=O)[C@H]1O[C@H]1C(=O)OCC)[C@@H]3C. The molecule has 3 fully saturated rings. The number of amides is 15. The van der Waals surface area contributed by atoms with E-state index in [4.69, 9.17) is 55.6 Å². The first kappa shape index (κ1) is 90.7. The van der Waals surface area contributed by atoms with Gasteiger partial charge in [0.05, 0.1) is 54.9 Å². The van der Waals surface area contributed by atoms with E-state index in [0.717, 1.165) is 22.3 Å². The summed E-state index contributed by atoms with van der Waals surface area (Å²) >= 11 is 0. The number of nitrogens with one attached hydrogen (secondary N) is 11. The van der Waals surface area contributed by atoms with Gasteiger partial charge in [0.1, 0.15) is 55.9 Å². The maximum atomic E-state index is 15.4. The first-order chi connectivity index (χ1) is 55.6. The smallest absolute Gasteiger partial charge is 0.338 e. The molecular weight excluding hydrogens is 1550 g/mol. The first-order valence-electron chi connectivity index (χ1n) is 38.0. The standard InChI is InChI=1S/C75H99N19O24/c1-15-40-30(6)46-26-49-41(16-2)31(7)45(87-49)25-47-32(8)42(20-21-53(98)79-33(9)63(100)81-36(12)66(103)89-92(27-50(76)95)70(107)57-60(116-57)73(110)113-17-3)55(88-47)43(24-54(99)80-34(10)64(101)82-37(13)67(104)90-93(28-51(77)96)71(108)58-61(117-58)74(111)114-18-4)56-44(22-39(85-56)23-48(40)86-46)69(106)84-35(11)65(102)83-38(14)68(105)91-94(29-52(78)97)72(109)59-62(118-59)75(112)115-19-5/h16,22-23,26,32-38,42,45,57-62,85,87H,2,15,17-21,24-25,27-29H2,1,3-14H3,(H2,76,95)(H2,77,96)(H2,78,97)(H,79,98)(H,80,99)(H,81,100)(H,82,101)(H,83,102)(H,84,106)(H,89,103)(H,90,104)(H,91,105)/b48-23-,49-26-,55-43-/t32-,33?,34?,35?,36?,37?,38?,42-,45?,57-,58-,59-,60+,61+,62+/m0/s1. The molecule has 43 nitrogen and oxygen atoms in total.